The van der Waals surface area contributed by atoms with Crippen LogP contribution in [0.15, 0.2) is 59.9 Å². The van der Waals surface area contributed by atoms with Crippen LogP contribution in [-0.4, -0.2) is 37.7 Å². The number of fused-ring (bicyclic) bond motifs is 1. The molecule has 1 aliphatic heterocycles. The lowest BCUT2D eigenvalue weighted by Gasteiger charge is -2.26. The third-order valence-electron chi connectivity index (χ3n) is 5.76. The van der Waals surface area contributed by atoms with Crippen LogP contribution in [0, 0.1) is 5.82 Å². The van der Waals surface area contributed by atoms with Crippen LogP contribution in [-0.2, 0) is 12.3 Å². The molecule has 2 aromatic heterocycles. The van der Waals surface area contributed by atoms with Crippen molar-refractivity contribution in [3.8, 4) is 5.69 Å². The van der Waals surface area contributed by atoms with Gasteiger partial charge in [0.15, 0.2) is 11.0 Å². The summed E-state index contributed by atoms with van der Waals surface area (Å²) in [4.78, 5) is 6.95. The average molecular weight is 468 g/mol. The van der Waals surface area contributed by atoms with E-state index in [0.29, 0.717) is 10.8 Å². The van der Waals surface area contributed by atoms with Crippen molar-refractivity contribution in [3.05, 3.63) is 77.0 Å². The van der Waals surface area contributed by atoms with Crippen molar-refractivity contribution in [1.82, 2.24) is 24.6 Å². The maximum absolute atomic E-state index is 13.6. The number of aromatic nitrogens is 4. The first-order chi connectivity index (χ1) is 15.7. The summed E-state index contributed by atoms with van der Waals surface area (Å²) in [6.45, 7) is 2.87. The highest BCUT2D eigenvalue weighted by atomic mass is 35.5. The van der Waals surface area contributed by atoms with Gasteiger partial charge < -0.3 is 0 Å². The van der Waals surface area contributed by atoms with Gasteiger partial charge in [-0.1, -0.05) is 35.9 Å². The number of pyridine rings is 1. The Morgan fingerprint density at radius 1 is 0.969 bits per heavy atom. The van der Waals surface area contributed by atoms with Gasteiger partial charge in [0.1, 0.15) is 5.82 Å². The smallest absolute Gasteiger partial charge is 0.196 e. The lowest BCUT2D eigenvalue weighted by Crippen LogP contribution is -2.30. The molecule has 0 aliphatic carbocycles. The second-order valence-electron chi connectivity index (χ2n) is 7.94. The molecule has 0 spiro atoms. The summed E-state index contributed by atoms with van der Waals surface area (Å²) in [5.41, 5.74) is 2.85. The van der Waals surface area contributed by atoms with Crippen LogP contribution in [0.5, 0.6) is 0 Å². The molecule has 0 saturated carbocycles. The van der Waals surface area contributed by atoms with Crippen molar-refractivity contribution in [2.24, 2.45) is 0 Å². The third kappa shape index (κ3) is 4.51. The minimum absolute atomic E-state index is 0.257. The van der Waals surface area contributed by atoms with E-state index in [4.69, 9.17) is 11.6 Å². The van der Waals surface area contributed by atoms with Crippen LogP contribution in [0.1, 0.15) is 30.7 Å². The molecule has 32 heavy (non-hydrogen) atoms. The Bertz CT molecular complexity index is 1220. The van der Waals surface area contributed by atoms with Gasteiger partial charge in [-0.3, -0.25) is 14.5 Å². The van der Waals surface area contributed by atoms with E-state index in [1.807, 2.05) is 28.8 Å². The topological polar surface area (TPSA) is 46.8 Å². The quantitative estimate of drug-likeness (QED) is 0.331. The van der Waals surface area contributed by atoms with E-state index in [-0.39, 0.29) is 5.82 Å². The lowest BCUT2D eigenvalue weighted by molar-refractivity contribution is 0.214. The fraction of sp³-hybridized carbons (Fsp3) is 0.292. The van der Waals surface area contributed by atoms with E-state index in [2.05, 4.69) is 20.1 Å². The molecular formula is C24H23ClFN5S. The number of benzene rings is 2. The summed E-state index contributed by atoms with van der Waals surface area (Å²) in [7, 11) is 0. The lowest BCUT2D eigenvalue weighted by atomic mass is 10.1. The minimum Gasteiger partial charge on any atom is -0.296 e. The van der Waals surface area contributed by atoms with Crippen molar-refractivity contribution in [2.75, 3.05) is 13.1 Å². The number of halogens is 2. The van der Waals surface area contributed by atoms with Gasteiger partial charge in [-0.2, -0.15) is 0 Å². The Morgan fingerprint density at radius 3 is 2.59 bits per heavy atom. The molecule has 4 aromatic rings. The number of thioether (sulfide) groups is 1. The molecule has 3 heterocycles. The summed E-state index contributed by atoms with van der Waals surface area (Å²) in [5.74, 6) is 1.29. The van der Waals surface area contributed by atoms with Crippen molar-refractivity contribution in [2.45, 2.75) is 36.7 Å². The first-order valence-corrected chi connectivity index (χ1v) is 12.1. The zero-order chi connectivity index (χ0) is 21.9. The van der Waals surface area contributed by atoms with Crippen LogP contribution in [0.25, 0.3) is 16.6 Å². The van der Waals surface area contributed by atoms with Crippen molar-refractivity contribution < 1.29 is 4.39 Å². The first-order valence-electron chi connectivity index (χ1n) is 10.8. The largest absolute Gasteiger partial charge is 0.296 e. The van der Waals surface area contributed by atoms with Crippen LogP contribution in [0.3, 0.4) is 0 Å². The SMILES string of the molecule is Fc1ccc(-n2c(CN3CCCCC3)nnc2SCc2ccc(Cl)c3cccnc23)cc1. The molecule has 0 radical (unpaired) electrons. The summed E-state index contributed by atoms with van der Waals surface area (Å²) in [6, 6.07) is 14.3. The standard InChI is InChI=1S/C24H23ClFN5S/c25-21-11-6-17(23-20(21)5-4-12-27-23)16-32-24-29-28-22(15-30-13-2-1-3-14-30)31(24)19-9-7-18(26)8-10-19/h4-12H,1-3,13-16H2. The van der Waals surface area contributed by atoms with Crippen LogP contribution in [0.2, 0.25) is 5.02 Å². The van der Waals surface area contributed by atoms with Gasteiger partial charge in [0.05, 0.1) is 12.1 Å². The highest BCUT2D eigenvalue weighted by Gasteiger charge is 2.19. The third-order valence-corrected chi connectivity index (χ3v) is 7.06. The molecule has 5 rings (SSSR count). The van der Waals surface area contributed by atoms with E-state index in [0.717, 1.165) is 52.8 Å². The number of rotatable bonds is 6. The van der Waals surface area contributed by atoms with Crippen molar-refractivity contribution in [1.29, 1.82) is 0 Å². The predicted molar refractivity (Wildman–Crippen MR) is 127 cm³/mol. The number of hydrogen-bond acceptors (Lipinski definition) is 5. The van der Waals surface area contributed by atoms with Gasteiger partial charge >= 0.3 is 0 Å². The predicted octanol–water partition coefficient (Wildman–Crippen LogP) is 5.89. The Kier molecular flexibility index (Phi) is 6.39. The van der Waals surface area contributed by atoms with Gasteiger partial charge in [-0.15, -0.1) is 10.2 Å². The molecule has 0 N–H and O–H groups in total. The van der Waals surface area contributed by atoms with Gasteiger partial charge in [-0.25, -0.2) is 4.39 Å². The highest BCUT2D eigenvalue weighted by molar-refractivity contribution is 7.98. The second-order valence-corrected chi connectivity index (χ2v) is 9.29. The molecule has 5 nitrogen and oxygen atoms in total. The van der Waals surface area contributed by atoms with E-state index < -0.39 is 0 Å². The molecule has 0 bridgehead atoms. The molecule has 164 valence electrons. The van der Waals surface area contributed by atoms with E-state index in [1.54, 1.807) is 30.1 Å². The van der Waals surface area contributed by atoms with Gasteiger partial charge in [-0.05, 0) is 74.0 Å². The fourth-order valence-corrected chi connectivity index (χ4v) is 5.29. The van der Waals surface area contributed by atoms with Gasteiger partial charge in [0.25, 0.3) is 0 Å². The minimum atomic E-state index is -0.257. The van der Waals surface area contributed by atoms with Crippen molar-refractivity contribution >= 4 is 34.3 Å². The first kappa shape index (κ1) is 21.4. The molecule has 1 aliphatic rings. The summed E-state index contributed by atoms with van der Waals surface area (Å²) in [5, 5.41) is 11.4. The van der Waals surface area contributed by atoms with Crippen LogP contribution < -0.4 is 0 Å². The molecule has 1 saturated heterocycles. The highest BCUT2D eigenvalue weighted by Crippen LogP contribution is 2.31. The maximum atomic E-state index is 13.6. The molecular weight excluding hydrogens is 445 g/mol. The Balaban J connectivity index is 1.46. The van der Waals surface area contributed by atoms with Crippen LogP contribution in [0.4, 0.5) is 4.39 Å². The Labute approximate surface area is 195 Å². The molecule has 0 unspecified atom stereocenters. The second kappa shape index (κ2) is 9.57. The normalized spacial score (nSPS) is 14.8. The fourth-order valence-electron chi connectivity index (χ4n) is 4.12. The summed E-state index contributed by atoms with van der Waals surface area (Å²) < 4.78 is 15.6. The van der Waals surface area contributed by atoms with Gasteiger partial charge in [0, 0.05) is 28.0 Å². The van der Waals surface area contributed by atoms with Crippen molar-refractivity contribution in [3.63, 3.8) is 0 Å². The molecule has 0 amide bonds. The number of nitrogens with zero attached hydrogens (tertiary/aromatic N) is 5. The molecule has 0 atom stereocenters. The monoisotopic (exact) mass is 467 g/mol. The number of hydrogen-bond donors (Lipinski definition) is 0. The zero-order valence-electron chi connectivity index (χ0n) is 17.5. The van der Waals surface area contributed by atoms with Gasteiger partial charge in [0.2, 0.25) is 0 Å². The maximum Gasteiger partial charge on any atom is 0.196 e. The summed E-state index contributed by atoms with van der Waals surface area (Å²) in [6.07, 6.45) is 5.49. The Hall–Kier alpha value is -2.48. The van der Waals surface area contributed by atoms with E-state index in [1.165, 1.54) is 31.4 Å². The Morgan fingerprint density at radius 2 is 1.78 bits per heavy atom. The average Bonchev–Trinajstić information content (AvgIpc) is 3.22. The number of piperidine rings is 1. The van der Waals surface area contributed by atoms with E-state index in [9.17, 15) is 4.39 Å². The zero-order valence-corrected chi connectivity index (χ0v) is 19.1. The molecule has 1 fully saturated rings. The molecule has 8 heteroatoms. The summed E-state index contributed by atoms with van der Waals surface area (Å²) >= 11 is 7.95. The van der Waals surface area contributed by atoms with Crippen LogP contribution >= 0.6 is 23.4 Å². The molecule has 2 aromatic carbocycles. The van der Waals surface area contributed by atoms with E-state index >= 15 is 0 Å². The number of likely N-dealkylation sites (tertiary alicyclic amines) is 1.